The van der Waals surface area contributed by atoms with Gasteiger partial charge in [0, 0.05) is 44.2 Å². The molecule has 2 aromatic carbocycles. The highest BCUT2D eigenvalue weighted by Gasteiger charge is 2.28. The van der Waals surface area contributed by atoms with Gasteiger partial charge in [-0.3, -0.25) is 14.5 Å². The molecule has 28 heavy (non-hydrogen) atoms. The van der Waals surface area contributed by atoms with E-state index in [4.69, 9.17) is 5.11 Å². The summed E-state index contributed by atoms with van der Waals surface area (Å²) < 4.78 is 13.3. The Bertz CT molecular complexity index is 813. The quantitative estimate of drug-likeness (QED) is 0.828. The number of carboxylic acids is 1. The van der Waals surface area contributed by atoms with Gasteiger partial charge in [0.15, 0.2) is 0 Å². The largest absolute Gasteiger partial charge is 0.481 e. The molecule has 1 atom stereocenters. The predicted octanol–water partition coefficient (Wildman–Crippen LogP) is 3.50. The maximum atomic E-state index is 13.3. The van der Waals surface area contributed by atoms with Crippen molar-refractivity contribution < 1.29 is 19.1 Å². The lowest BCUT2D eigenvalue weighted by Crippen LogP contribution is -2.49. The van der Waals surface area contributed by atoms with Crippen LogP contribution in [0.15, 0.2) is 48.5 Å². The van der Waals surface area contributed by atoms with Gasteiger partial charge < -0.3 is 10.0 Å². The Kier molecular flexibility index (Phi) is 6.41. The third-order valence-electron chi connectivity index (χ3n) is 5.23. The molecule has 2 aromatic rings. The maximum absolute atomic E-state index is 13.3. The number of aryl methyl sites for hydroxylation is 1. The molecule has 3 rings (SSSR count). The van der Waals surface area contributed by atoms with Crippen LogP contribution < -0.4 is 0 Å². The Labute approximate surface area is 164 Å². The number of rotatable bonds is 6. The number of benzene rings is 2. The van der Waals surface area contributed by atoms with E-state index in [0.717, 1.165) is 11.1 Å². The average Bonchev–Trinajstić information content (AvgIpc) is 2.70. The Hall–Kier alpha value is -2.73. The standard InChI is InChI=1S/C22H25FN2O3/c1-16-2-4-18(5-3-16)22(28)25-14-12-24(13-15-25)20(10-11-21(26)27)17-6-8-19(23)9-7-17/h2-9,20H,10-15H2,1H3,(H,26,27)/t20-/m0/s1. The Morgan fingerprint density at radius 3 is 2.18 bits per heavy atom. The Balaban J connectivity index is 1.67. The number of carbonyl (C=O) groups excluding carboxylic acids is 1. The number of halogens is 1. The van der Waals surface area contributed by atoms with Crippen LogP contribution in [0.3, 0.4) is 0 Å². The first-order valence-electron chi connectivity index (χ1n) is 9.51. The number of aliphatic carboxylic acids is 1. The number of nitrogens with zero attached hydrogens (tertiary/aromatic N) is 2. The van der Waals surface area contributed by atoms with Gasteiger partial charge in [-0.1, -0.05) is 29.8 Å². The van der Waals surface area contributed by atoms with Crippen molar-refractivity contribution in [3.63, 3.8) is 0 Å². The highest BCUT2D eigenvalue weighted by Crippen LogP contribution is 2.27. The third kappa shape index (κ3) is 4.95. The van der Waals surface area contributed by atoms with Crippen molar-refractivity contribution in [1.82, 2.24) is 9.80 Å². The van der Waals surface area contributed by atoms with Gasteiger partial charge in [-0.15, -0.1) is 0 Å². The summed E-state index contributed by atoms with van der Waals surface area (Å²) in [7, 11) is 0. The van der Waals surface area contributed by atoms with Crippen LogP contribution in [0.1, 0.15) is 40.4 Å². The molecule has 1 fully saturated rings. The molecule has 6 heteroatoms. The average molecular weight is 384 g/mol. The molecule has 0 spiro atoms. The van der Waals surface area contributed by atoms with Crippen molar-refractivity contribution in [2.24, 2.45) is 0 Å². The topological polar surface area (TPSA) is 60.9 Å². The Morgan fingerprint density at radius 2 is 1.61 bits per heavy atom. The van der Waals surface area contributed by atoms with Gasteiger partial charge in [-0.25, -0.2) is 4.39 Å². The van der Waals surface area contributed by atoms with Crippen LogP contribution in [0.5, 0.6) is 0 Å². The zero-order valence-electron chi connectivity index (χ0n) is 16.0. The van der Waals surface area contributed by atoms with Crippen molar-refractivity contribution in [3.05, 3.63) is 71.0 Å². The van der Waals surface area contributed by atoms with E-state index in [1.807, 2.05) is 36.1 Å². The van der Waals surface area contributed by atoms with Crippen LogP contribution in [0.25, 0.3) is 0 Å². The smallest absolute Gasteiger partial charge is 0.303 e. The van der Waals surface area contributed by atoms with Crippen molar-refractivity contribution in [1.29, 1.82) is 0 Å². The van der Waals surface area contributed by atoms with Crippen LogP contribution in [0.4, 0.5) is 4.39 Å². The monoisotopic (exact) mass is 384 g/mol. The normalized spacial score (nSPS) is 16.0. The lowest BCUT2D eigenvalue weighted by molar-refractivity contribution is -0.137. The minimum absolute atomic E-state index is 0.0171. The van der Waals surface area contributed by atoms with E-state index in [0.29, 0.717) is 38.2 Å². The van der Waals surface area contributed by atoms with E-state index in [9.17, 15) is 14.0 Å². The molecule has 0 aliphatic carbocycles. The van der Waals surface area contributed by atoms with Crippen molar-refractivity contribution in [2.45, 2.75) is 25.8 Å². The molecule has 0 bridgehead atoms. The summed E-state index contributed by atoms with van der Waals surface area (Å²) >= 11 is 0. The van der Waals surface area contributed by atoms with Gasteiger partial charge >= 0.3 is 5.97 Å². The number of carboxylic acid groups (broad SMARTS) is 1. The molecule has 1 heterocycles. The molecule has 148 valence electrons. The minimum atomic E-state index is -0.847. The van der Waals surface area contributed by atoms with Crippen LogP contribution in [0.2, 0.25) is 0 Å². The fraction of sp³-hybridized carbons (Fsp3) is 0.364. The number of amides is 1. The van der Waals surface area contributed by atoms with Gasteiger partial charge in [0.05, 0.1) is 0 Å². The molecule has 1 aliphatic rings. The number of hydrogen-bond acceptors (Lipinski definition) is 3. The molecule has 0 unspecified atom stereocenters. The highest BCUT2D eigenvalue weighted by atomic mass is 19.1. The molecule has 1 amide bonds. The second kappa shape index (κ2) is 8.97. The van der Waals surface area contributed by atoms with Crippen molar-refractivity contribution in [3.8, 4) is 0 Å². The number of carbonyl (C=O) groups is 2. The van der Waals surface area contributed by atoms with E-state index < -0.39 is 5.97 Å². The van der Waals surface area contributed by atoms with Gasteiger partial charge in [-0.05, 0) is 43.2 Å². The van der Waals surface area contributed by atoms with Gasteiger partial charge in [-0.2, -0.15) is 0 Å². The molecule has 0 saturated carbocycles. The summed E-state index contributed by atoms with van der Waals surface area (Å²) in [6.07, 6.45) is 0.497. The summed E-state index contributed by atoms with van der Waals surface area (Å²) in [5, 5.41) is 9.08. The lowest BCUT2D eigenvalue weighted by Gasteiger charge is -2.39. The molecule has 1 saturated heterocycles. The molecular weight excluding hydrogens is 359 g/mol. The summed E-state index contributed by atoms with van der Waals surface area (Å²) in [6, 6.07) is 13.7. The molecule has 0 aromatic heterocycles. The summed E-state index contributed by atoms with van der Waals surface area (Å²) in [5.41, 5.74) is 2.70. The van der Waals surface area contributed by atoms with Crippen LogP contribution >= 0.6 is 0 Å². The first kappa shape index (κ1) is 20.0. The molecular formula is C22H25FN2O3. The van der Waals surface area contributed by atoms with Gasteiger partial charge in [0.1, 0.15) is 5.82 Å². The fourth-order valence-corrected chi connectivity index (χ4v) is 3.62. The van der Waals surface area contributed by atoms with Crippen molar-refractivity contribution in [2.75, 3.05) is 26.2 Å². The minimum Gasteiger partial charge on any atom is -0.481 e. The maximum Gasteiger partial charge on any atom is 0.303 e. The zero-order chi connectivity index (χ0) is 20.1. The van der Waals surface area contributed by atoms with E-state index in [-0.39, 0.29) is 24.2 Å². The van der Waals surface area contributed by atoms with E-state index in [2.05, 4.69) is 4.90 Å². The molecule has 1 N–H and O–H groups in total. The third-order valence-corrected chi connectivity index (χ3v) is 5.23. The van der Waals surface area contributed by atoms with Crippen molar-refractivity contribution >= 4 is 11.9 Å². The SMILES string of the molecule is Cc1ccc(C(=O)N2CCN([C@@H](CCC(=O)O)c3ccc(F)cc3)CC2)cc1. The summed E-state index contributed by atoms with van der Waals surface area (Å²) in [5.74, 6) is -1.14. The zero-order valence-corrected chi connectivity index (χ0v) is 16.0. The number of piperazine rings is 1. The molecule has 0 radical (unpaired) electrons. The van der Waals surface area contributed by atoms with Crippen LogP contribution in [0, 0.1) is 12.7 Å². The molecule has 5 nitrogen and oxygen atoms in total. The van der Waals surface area contributed by atoms with E-state index >= 15 is 0 Å². The van der Waals surface area contributed by atoms with Crippen LogP contribution in [-0.4, -0.2) is 53.0 Å². The number of hydrogen-bond donors (Lipinski definition) is 1. The van der Waals surface area contributed by atoms with Gasteiger partial charge in [0.25, 0.3) is 5.91 Å². The van der Waals surface area contributed by atoms with Crippen LogP contribution in [-0.2, 0) is 4.79 Å². The second-order valence-corrected chi connectivity index (χ2v) is 7.19. The first-order valence-corrected chi connectivity index (χ1v) is 9.51. The highest BCUT2D eigenvalue weighted by molar-refractivity contribution is 5.94. The van der Waals surface area contributed by atoms with E-state index in [1.165, 1.54) is 12.1 Å². The fourth-order valence-electron chi connectivity index (χ4n) is 3.62. The van der Waals surface area contributed by atoms with E-state index in [1.54, 1.807) is 12.1 Å². The summed E-state index contributed by atoms with van der Waals surface area (Å²) in [6.45, 7) is 4.45. The lowest BCUT2D eigenvalue weighted by atomic mass is 9.99. The molecule has 1 aliphatic heterocycles. The summed E-state index contributed by atoms with van der Waals surface area (Å²) in [4.78, 5) is 27.8. The predicted molar refractivity (Wildman–Crippen MR) is 105 cm³/mol. The van der Waals surface area contributed by atoms with Gasteiger partial charge in [0.2, 0.25) is 0 Å². The Morgan fingerprint density at radius 1 is 1.00 bits per heavy atom. The second-order valence-electron chi connectivity index (χ2n) is 7.19. The first-order chi connectivity index (χ1) is 13.4.